The van der Waals surface area contributed by atoms with Crippen molar-refractivity contribution in [3.63, 3.8) is 0 Å². The van der Waals surface area contributed by atoms with Crippen molar-refractivity contribution in [2.75, 3.05) is 11.9 Å². The molecule has 0 aliphatic carbocycles. The fourth-order valence-electron chi connectivity index (χ4n) is 2.19. The van der Waals surface area contributed by atoms with E-state index in [-0.39, 0.29) is 21.7 Å². The Balaban J connectivity index is 2.16. The minimum Gasteiger partial charge on any atom is -0.432 e. The Morgan fingerprint density at radius 1 is 1.43 bits per heavy atom. The molecule has 1 saturated heterocycles. The molecule has 0 aromatic heterocycles. The van der Waals surface area contributed by atoms with Crippen molar-refractivity contribution in [2.45, 2.75) is 31.9 Å². The zero-order chi connectivity index (χ0) is 15.6. The van der Waals surface area contributed by atoms with Crippen molar-refractivity contribution >= 4 is 34.8 Å². The van der Waals surface area contributed by atoms with Crippen molar-refractivity contribution < 1.29 is 18.3 Å². The first kappa shape index (κ1) is 16.3. The van der Waals surface area contributed by atoms with Crippen LogP contribution >= 0.6 is 23.2 Å². The number of benzene rings is 1. The van der Waals surface area contributed by atoms with Gasteiger partial charge in [0.05, 0.1) is 15.6 Å². The highest BCUT2D eigenvalue weighted by Crippen LogP contribution is 2.37. The van der Waals surface area contributed by atoms with Gasteiger partial charge in [0.2, 0.25) is 5.91 Å². The predicted molar refractivity (Wildman–Crippen MR) is 77.4 cm³/mol. The van der Waals surface area contributed by atoms with Crippen LogP contribution in [0.5, 0.6) is 5.75 Å². The van der Waals surface area contributed by atoms with E-state index in [1.54, 1.807) is 6.92 Å². The van der Waals surface area contributed by atoms with E-state index < -0.39 is 12.2 Å². The summed E-state index contributed by atoms with van der Waals surface area (Å²) in [5.41, 5.74) is -0.330. The average molecular weight is 339 g/mol. The number of nitrogens with one attached hydrogen (secondary N) is 2. The molecule has 0 saturated carbocycles. The third kappa shape index (κ3) is 3.75. The summed E-state index contributed by atoms with van der Waals surface area (Å²) >= 11 is 11.7. The number of carbonyl (C=O) groups excluding carboxylic acids is 1. The van der Waals surface area contributed by atoms with Gasteiger partial charge in [0.15, 0.2) is 5.75 Å². The largest absolute Gasteiger partial charge is 0.432 e. The summed E-state index contributed by atoms with van der Waals surface area (Å²) in [4.78, 5) is 12.2. The third-order valence-electron chi connectivity index (χ3n) is 3.33. The van der Waals surface area contributed by atoms with Gasteiger partial charge < -0.3 is 15.4 Å². The fraction of sp³-hybridized carbons (Fsp3) is 0.462. The minimum absolute atomic E-state index is 0.0948. The SMILES string of the molecule is CC1(C(=O)Nc2cc(Cl)c(OC(F)F)c(Cl)c2)CCCN1. The van der Waals surface area contributed by atoms with E-state index in [2.05, 4.69) is 15.4 Å². The summed E-state index contributed by atoms with van der Waals surface area (Å²) in [7, 11) is 0. The molecule has 1 heterocycles. The molecule has 1 amide bonds. The van der Waals surface area contributed by atoms with Crippen LogP contribution in [0.3, 0.4) is 0 Å². The lowest BCUT2D eigenvalue weighted by molar-refractivity contribution is -0.121. The Labute approximate surface area is 130 Å². The van der Waals surface area contributed by atoms with E-state index in [0.29, 0.717) is 12.1 Å². The molecule has 0 bridgehead atoms. The topological polar surface area (TPSA) is 50.4 Å². The maximum Gasteiger partial charge on any atom is 0.387 e. The lowest BCUT2D eigenvalue weighted by atomic mass is 9.99. The van der Waals surface area contributed by atoms with E-state index in [0.717, 1.165) is 13.0 Å². The van der Waals surface area contributed by atoms with Crippen LogP contribution in [0, 0.1) is 0 Å². The van der Waals surface area contributed by atoms with E-state index in [4.69, 9.17) is 23.2 Å². The van der Waals surface area contributed by atoms with Gasteiger partial charge in [0.25, 0.3) is 0 Å². The number of amides is 1. The Bertz CT molecular complexity index is 526. The zero-order valence-corrected chi connectivity index (χ0v) is 12.7. The Morgan fingerprint density at radius 2 is 2.05 bits per heavy atom. The van der Waals surface area contributed by atoms with E-state index in [9.17, 15) is 13.6 Å². The van der Waals surface area contributed by atoms with Gasteiger partial charge >= 0.3 is 6.61 Å². The number of alkyl halides is 2. The maximum atomic E-state index is 12.2. The van der Waals surface area contributed by atoms with Crippen LogP contribution in [0.15, 0.2) is 12.1 Å². The van der Waals surface area contributed by atoms with Crippen LogP contribution in [-0.2, 0) is 4.79 Å². The first-order valence-electron chi connectivity index (χ1n) is 6.32. The van der Waals surface area contributed by atoms with Crippen LogP contribution < -0.4 is 15.4 Å². The third-order valence-corrected chi connectivity index (χ3v) is 3.89. The summed E-state index contributed by atoms with van der Waals surface area (Å²) in [5, 5.41) is 5.60. The van der Waals surface area contributed by atoms with Crippen LogP contribution in [0.1, 0.15) is 19.8 Å². The van der Waals surface area contributed by atoms with Crippen LogP contribution in [0.2, 0.25) is 10.0 Å². The van der Waals surface area contributed by atoms with Crippen molar-refractivity contribution in [3.05, 3.63) is 22.2 Å². The van der Waals surface area contributed by atoms with E-state index >= 15 is 0 Å². The van der Waals surface area contributed by atoms with Gasteiger partial charge in [-0.1, -0.05) is 23.2 Å². The second kappa shape index (κ2) is 6.34. The van der Waals surface area contributed by atoms with Gasteiger partial charge in [-0.25, -0.2) is 0 Å². The van der Waals surface area contributed by atoms with E-state index in [1.165, 1.54) is 12.1 Å². The highest BCUT2D eigenvalue weighted by molar-refractivity contribution is 6.37. The molecule has 0 radical (unpaired) electrons. The van der Waals surface area contributed by atoms with Gasteiger partial charge in [-0.2, -0.15) is 8.78 Å². The summed E-state index contributed by atoms with van der Waals surface area (Å²) in [6, 6.07) is 2.64. The van der Waals surface area contributed by atoms with E-state index in [1.807, 2.05) is 0 Å². The molecule has 116 valence electrons. The summed E-state index contributed by atoms with van der Waals surface area (Å²) < 4.78 is 28.7. The Kier molecular flexibility index (Phi) is 4.91. The monoisotopic (exact) mass is 338 g/mol. The molecule has 1 unspecified atom stereocenters. The van der Waals surface area contributed by atoms with Crippen LogP contribution in [0.4, 0.5) is 14.5 Å². The van der Waals surface area contributed by atoms with Gasteiger partial charge in [-0.3, -0.25) is 4.79 Å². The summed E-state index contributed by atoms with van der Waals surface area (Å²) in [6.45, 7) is -0.457. The summed E-state index contributed by atoms with van der Waals surface area (Å²) in [5.74, 6) is -0.536. The van der Waals surface area contributed by atoms with Crippen molar-refractivity contribution in [1.29, 1.82) is 0 Å². The number of hydrogen-bond donors (Lipinski definition) is 2. The molecule has 1 aromatic carbocycles. The zero-order valence-electron chi connectivity index (χ0n) is 11.2. The molecule has 2 N–H and O–H groups in total. The van der Waals surface area contributed by atoms with Gasteiger partial charge in [0.1, 0.15) is 0 Å². The second-order valence-electron chi connectivity index (χ2n) is 4.96. The lowest BCUT2D eigenvalue weighted by Gasteiger charge is -2.23. The van der Waals surface area contributed by atoms with Crippen molar-refractivity contribution in [1.82, 2.24) is 5.32 Å². The van der Waals surface area contributed by atoms with Crippen molar-refractivity contribution in [2.24, 2.45) is 0 Å². The first-order valence-corrected chi connectivity index (χ1v) is 7.08. The molecule has 0 spiro atoms. The minimum atomic E-state index is -3.03. The second-order valence-corrected chi connectivity index (χ2v) is 5.78. The Hall–Kier alpha value is -1.11. The Morgan fingerprint density at radius 3 is 2.52 bits per heavy atom. The standard InChI is InChI=1S/C13H14Cl2F2N2O2/c1-13(3-2-4-18-13)11(20)19-7-5-8(14)10(9(15)6-7)21-12(16)17/h5-6,12,18H,2-4H2,1H3,(H,19,20). The lowest BCUT2D eigenvalue weighted by Crippen LogP contribution is -2.47. The molecular weight excluding hydrogens is 325 g/mol. The number of rotatable bonds is 4. The molecule has 8 heteroatoms. The van der Waals surface area contributed by atoms with Crippen molar-refractivity contribution in [3.8, 4) is 5.75 Å². The van der Waals surface area contributed by atoms with Gasteiger partial charge in [-0.05, 0) is 38.4 Å². The highest BCUT2D eigenvalue weighted by Gasteiger charge is 2.36. The van der Waals surface area contributed by atoms with Gasteiger partial charge in [-0.15, -0.1) is 0 Å². The predicted octanol–water partition coefficient (Wildman–Crippen LogP) is 3.68. The number of halogens is 4. The number of ether oxygens (including phenoxy) is 1. The quantitative estimate of drug-likeness (QED) is 0.880. The molecule has 1 aromatic rings. The molecule has 21 heavy (non-hydrogen) atoms. The molecule has 1 aliphatic rings. The molecule has 1 aliphatic heterocycles. The highest BCUT2D eigenvalue weighted by atomic mass is 35.5. The molecule has 1 fully saturated rings. The molecule has 1 atom stereocenters. The van der Waals surface area contributed by atoms with Crippen LogP contribution in [-0.4, -0.2) is 24.6 Å². The van der Waals surface area contributed by atoms with Gasteiger partial charge in [0, 0.05) is 5.69 Å². The molecular formula is C13H14Cl2F2N2O2. The average Bonchev–Trinajstić information content (AvgIpc) is 2.82. The van der Waals surface area contributed by atoms with Crippen LogP contribution in [0.25, 0.3) is 0 Å². The number of hydrogen-bond acceptors (Lipinski definition) is 3. The normalized spacial score (nSPS) is 21.6. The molecule has 2 rings (SSSR count). The number of carbonyl (C=O) groups is 1. The fourth-order valence-corrected chi connectivity index (χ4v) is 2.77. The smallest absolute Gasteiger partial charge is 0.387 e. The first-order chi connectivity index (χ1) is 9.82. The maximum absolute atomic E-state index is 12.2. The number of anilines is 1. The summed E-state index contributed by atoms with van der Waals surface area (Å²) in [6.07, 6.45) is 1.62. The molecule has 4 nitrogen and oxygen atoms in total.